The maximum absolute atomic E-state index is 11.7. The molecule has 0 saturated carbocycles. The van der Waals surface area contributed by atoms with Crippen LogP contribution in [-0.4, -0.2) is 25.1 Å². The van der Waals surface area contributed by atoms with E-state index in [4.69, 9.17) is 4.74 Å². The third-order valence-corrected chi connectivity index (χ3v) is 2.74. The Balaban J connectivity index is 2.07. The lowest BCUT2D eigenvalue weighted by Gasteiger charge is -2.11. The summed E-state index contributed by atoms with van der Waals surface area (Å²) in [5.41, 5.74) is 2.50. The maximum Gasteiger partial charge on any atom is 0.250 e. The average molecular weight is 284 g/mol. The van der Waals surface area contributed by atoms with Crippen LogP contribution < -0.4 is 10.4 Å². The van der Waals surface area contributed by atoms with E-state index in [1.807, 2.05) is 48.5 Å². The Morgan fingerprint density at radius 1 is 0.952 bits per heavy atom. The highest BCUT2D eigenvalue weighted by Gasteiger charge is 2.08. The fraction of sp³-hybridized carbons (Fsp3) is 0.125. The van der Waals surface area contributed by atoms with Crippen molar-refractivity contribution in [2.24, 2.45) is 0 Å². The van der Waals surface area contributed by atoms with Crippen LogP contribution in [0.2, 0.25) is 0 Å². The molecule has 0 fully saturated rings. The number of aliphatic carboxylic acids is 1. The Bertz CT molecular complexity index is 625. The summed E-state index contributed by atoms with van der Waals surface area (Å²) >= 11 is 0. The lowest BCUT2D eigenvalue weighted by molar-refractivity contribution is -0.309. The van der Waals surface area contributed by atoms with E-state index in [0.717, 1.165) is 11.1 Å². The third-order valence-electron chi connectivity index (χ3n) is 2.74. The van der Waals surface area contributed by atoms with Crippen molar-refractivity contribution in [1.82, 2.24) is 0 Å². The minimum atomic E-state index is -1.35. The molecular formula is C16H14NO4-. The number of carbonyl (C=O) groups is 2. The smallest absolute Gasteiger partial charge is 0.250 e. The van der Waals surface area contributed by atoms with Crippen molar-refractivity contribution in [2.75, 3.05) is 18.5 Å². The average Bonchev–Trinajstić information content (AvgIpc) is 2.48. The second kappa shape index (κ2) is 7.21. The summed E-state index contributed by atoms with van der Waals surface area (Å²) in [6, 6.07) is 17.0. The molecule has 0 heterocycles. The third kappa shape index (κ3) is 4.43. The first-order valence-electron chi connectivity index (χ1n) is 6.38. The van der Waals surface area contributed by atoms with Crippen LogP contribution in [0.15, 0.2) is 54.6 Å². The lowest BCUT2D eigenvalue weighted by Crippen LogP contribution is -2.29. The molecule has 5 heteroatoms. The molecule has 0 aliphatic carbocycles. The molecule has 0 atom stereocenters. The van der Waals surface area contributed by atoms with Crippen molar-refractivity contribution in [2.45, 2.75) is 0 Å². The summed E-state index contributed by atoms with van der Waals surface area (Å²) in [6.45, 7) is -0.940. The van der Waals surface area contributed by atoms with Gasteiger partial charge in [-0.1, -0.05) is 48.5 Å². The number of nitrogens with one attached hydrogen (secondary N) is 1. The number of hydrogen-bond acceptors (Lipinski definition) is 4. The first kappa shape index (κ1) is 14.7. The Morgan fingerprint density at radius 3 is 2.33 bits per heavy atom. The Kier molecular flexibility index (Phi) is 5.06. The standard InChI is InChI=1S/C16H15NO4/c18-15(10-21-11-16(19)20)17-14-9-5-4-8-13(14)12-6-2-1-3-7-12/h1-9H,10-11H2,(H,17,18)(H,19,20)/p-1. The van der Waals surface area contributed by atoms with Gasteiger partial charge in [0.2, 0.25) is 5.91 Å². The molecule has 0 unspecified atom stereocenters. The summed E-state index contributed by atoms with van der Waals surface area (Å²) < 4.78 is 4.70. The van der Waals surface area contributed by atoms with Gasteiger partial charge >= 0.3 is 0 Å². The summed E-state index contributed by atoms with van der Waals surface area (Å²) in [5, 5.41) is 12.9. The van der Waals surface area contributed by atoms with Crippen LogP contribution in [0.3, 0.4) is 0 Å². The van der Waals surface area contributed by atoms with Crippen molar-refractivity contribution < 1.29 is 19.4 Å². The van der Waals surface area contributed by atoms with Crippen molar-refractivity contribution in [3.8, 4) is 11.1 Å². The van der Waals surface area contributed by atoms with Gasteiger partial charge in [-0.25, -0.2) is 0 Å². The highest BCUT2D eigenvalue weighted by molar-refractivity contribution is 5.96. The largest absolute Gasteiger partial charge is 0.548 e. The zero-order chi connectivity index (χ0) is 15.1. The molecule has 0 radical (unpaired) electrons. The molecule has 0 saturated heterocycles. The number of carboxylic acids is 1. The van der Waals surface area contributed by atoms with Crippen LogP contribution in [0.1, 0.15) is 0 Å². The van der Waals surface area contributed by atoms with Crippen LogP contribution in [0.4, 0.5) is 5.69 Å². The van der Waals surface area contributed by atoms with Gasteiger partial charge in [-0.15, -0.1) is 0 Å². The van der Waals surface area contributed by atoms with Crippen molar-refractivity contribution in [3.63, 3.8) is 0 Å². The summed E-state index contributed by atoms with van der Waals surface area (Å²) in [6.07, 6.45) is 0. The topological polar surface area (TPSA) is 78.5 Å². The monoisotopic (exact) mass is 284 g/mol. The van der Waals surface area contributed by atoms with E-state index in [-0.39, 0.29) is 6.61 Å². The normalized spacial score (nSPS) is 10.1. The van der Waals surface area contributed by atoms with Gasteiger partial charge in [0.15, 0.2) is 0 Å². The van der Waals surface area contributed by atoms with Gasteiger partial charge in [0.1, 0.15) is 6.61 Å². The van der Waals surface area contributed by atoms with Gasteiger partial charge in [0.25, 0.3) is 0 Å². The zero-order valence-electron chi connectivity index (χ0n) is 11.2. The number of para-hydroxylation sites is 1. The van der Waals surface area contributed by atoms with Crippen LogP contribution >= 0.6 is 0 Å². The second-order valence-corrected chi connectivity index (χ2v) is 4.32. The van der Waals surface area contributed by atoms with Gasteiger partial charge in [-0.05, 0) is 11.6 Å². The molecule has 1 N–H and O–H groups in total. The van der Waals surface area contributed by atoms with E-state index in [1.54, 1.807) is 6.07 Å². The van der Waals surface area contributed by atoms with Crippen molar-refractivity contribution in [3.05, 3.63) is 54.6 Å². The minimum absolute atomic E-state index is 0.336. The maximum atomic E-state index is 11.7. The number of carboxylic acid groups (broad SMARTS) is 1. The molecule has 5 nitrogen and oxygen atoms in total. The van der Waals surface area contributed by atoms with Gasteiger partial charge in [0, 0.05) is 11.3 Å². The fourth-order valence-corrected chi connectivity index (χ4v) is 1.87. The van der Waals surface area contributed by atoms with Crippen LogP contribution in [0, 0.1) is 0 Å². The van der Waals surface area contributed by atoms with Crippen LogP contribution in [-0.2, 0) is 14.3 Å². The number of benzene rings is 2. The quantitative estimate of drug-likeness (QED) is 0.860. The van der Waals surface area contributed by atoms with Crippen LogP contribution in [0.25, 0.3) is 11.1 Å². The number of rotatable bonds is 6. The molecular weight excluding hydrogens is 270 g/mol. The molecule has 0 aliphatic rings. The van der Waals surface area contributed by atoms with E-state index in [1.165, 1.54) is 0 Å². The predicted octanol–water partition coefficient (Wildman–Crippen LogP) is 1.06. The van der Waals surface area contributed by atoms with Crippen molar-refractivity contribution >= 4 is 17.6 Å². The van der Waals surface area contributed by atoms with Crippen molar-refractivity contribution in [1.29, 1.82) is 0 Å². The lowest BCUT2D eigenvalue weighted by atomic mass is 10.0. The summed E-state index contributed by atoms with van der Waals surface area (Å²) in [5.74, 6) is -1.77. The van der Waals surface area contributed by atoms with E-state index < -0.39 is 18.5 Å². The predicted molar refractivity (Wildman–Crippen MR) is 76.3 cm³/mol. The molecule has 0 aliphatic heterocycles. The number of carbonyl (C=O) groups excluding carboxylic acids is 2. The van der Waals surface area contributed by atoms with Gasteiger partial charge in [0.05, 0.1) is 12.6 Å². The highest BCUT2D eigenvalue weighted by Crippen LogP contribution is 2.27. The highest BCUT2D eigenvalue weighted by atomic mass is 16.5. The molecule has 0 spiro atoms. The van der Waals surface area contributed by atoms with Gasteiger partial charge in [-0.2, -0.15) is 0 Å². The van der Waals surface area contributed by atoms with Crippen LogP contribution in [0.5, 0.6) is 0 Å². The zero-order valence-corrected chi connectivity index (χ0v) is 11.2. The first-order chi connectivity index (χ1) is 10.2. The molecule has 0 bridgehead atoms. The van der Waals surface area contributed by atoms with E-state index in [0.29, 0.717) is 5.69 Å². The number of anilines is 1. The molecule has 108 valence electrons. The Hall–Kier alpha value is -2.66. The first-order valence-corrected chi connectivity index (χ1v) is 6.38. The van der Waals surface area contributed by atoms with E-state index in [9.17, 15) is 14.7 Å². The number of amides is 1. The molecule has 2 aromatic rings. The molecule has 2 aromatic carbocycles. The Morgan fingerprint density at radius 2 is 1.62 bits per heavy atom. The van der Waals surface area contributed by atoms with E-state index in [2.05, 4.69) is 5.32 Å². The van der Waals surface area contributed by atoms with Gasteiger partial charge < -0.3 is 20.0 Å². The molecule has 21 heavy (non-hydrogen) atoms. The minimum Gasteiger partial charge on any atom is -0.548 e. The summed E-state index contributed by atoms with van der Waals surface area (Å²) in [7, 11) is 0. The fourth-order valence-electron chi connectivity index (χ4n) is 1.87. The van der Waals surface area contributed by atoms with E-state index >= 15 is 0 Å². The van der Waals surface area contributed by atoms with Gasteiger partial charge in [-0.3, -0.25) is 4.79 Å². The second-order valence-electron chi connectivity index (χ2n) is 4.32. The Labute approximate surface area is 122 Å². The number of hydrogen-bond donors (Lipinski definition) is 1. The number of ether oxygens (including phenoxy) is 1. The summed E-state index contributed by atoms with van der Waals surface area (Å²) in [4.78, 5) is 21.9. The molecule has 1 amide bonds. The molecule has 2 rings (SSSR count). The SMILES string of the molecule is O=C([O-])COCC(=O)Nc1ccccc1-c1ccccc1. The molecule has 0 aromatic heterocycles.